The standard InChI is InChI=1S/C22H22BrN3O3S/c1-13-10-16(23)8-9-19(13)25-21(27)11-24-22(28)17-6-4-5-7-20(17)30-12-18-14(2)26-29-15(18)3/h4-10H,11-12H2,1-3H3,(H,24,28)(H,25,27). The number of carbonyl (C=O) groups is 2. The molecule has 0 radical (unpaired) electrons. The zero-order valence-electron chi connectivity index (χ0n) is 16.9. The van der Waals surface area contributed by atoms with Crippen LogP contribution in [-0.2, 0) is 10.5 Å². The molecule has 0 atom stereocenters. The van der Waals surface area contributed by atoms with Crippen LogP contribution >= 0.6 is 27.7 Å². The van der Waals surface area contributed by atoms with Crippen molar-refractivity contribution in [2.45, 2.75) is 31.4 Å². The Balaban J connectivity index is 1.61. The highest BCUT2D eigenvalue weighted by Crippen LogP contribution is 2.28. The van der Waals surface area contributed by atoms with Gasteiger partial charge in [-0.2, -0.15) is 0 Å². The van der Waals surface area contributed by atoms with Gasteiger partial charge in [-0.3, -0.25) is 9.59 Å². The number of hydrogen-bond donors (Lipinski definition) is 2. The molecule has 3 rings (SSSR count). The summed E-state index contributed by atoms with van der Waals surface area (Å²) < 4.78 is 6.14. The van der Waals surface area contributed by atoms with Crippen LogP contribution in [0.5, 0.6) is 0 Å². The molecule has 0 aliphatic heterocycles. The van der Waals surface area contributed by atoms with E-state index in [0.29, 0.717) is 17.0 Å². The Morgan fingerprint density at radius 3 is 2.60 bits per heavy atom. The molecule has 2 aromatic carbocycles. The lowest BCUT2D eigenvalue weighted by molar-refractivity contribution is -0.115. The van der Waals surface area contributed by atoms with Crippen LogP contribution in [0.15, 0.2) is 56.4 Å². The topological polar surface area (TPSA) is 84.2 Å². The quantitative estimate of drug-likeness (QED) is 0.456. The van der Waals surface area contributed by atoms with Crippen LogP contribution in [-0.4, -0.2) is 23.5 Å². The van der Waals surface area contributed by atoms with E-state index in [0.717, 1.165) is 31.9 Å². The number of nitrogens with zero attached hydrogens (tertiary/aromatic N) is 1. The maximum Gasteiger partial charge on any atom is 0.252 e. The number of carbonyl (C=O) groups excluding carboxylic acids is 2. The van der Waals surface area contributed by atoms with Crippen molar-refractivity contribution in [1.82, 2.24) is 10.5 Å². The van der Waals surface area contributed by atoms with Gasteiger partial charge in [0.2, 0.25) is 5.91 Å². The Bertz CT molecular complexity index is 1060. The van der Waals surface area contributed by atoms with Crippen molar-refractivity contribution < 1.29 is 14.1 Å². The number of amides is 2. The summed E-state index contributed by atoms with van der Waals surface area (Å²) >= 11 is 4.93. The smallest absolute Gasteiger partial charge is 0.252 e. The van der Waals surface area contributed by atoms with Crippen molar-refractivity contribution in [3.8, 4) is 0 Å². The van der Waals surface area contributed by atoms with Gasteiger partial charge in [-0.1, -0.05) is 33.2 Å². The molecule has 2 N–H and O–H groups in total. The monoisotopic (exact) mass is 487 g/mol. The van der Waals surface area contributed by atoms with E-state index in [1.165, 1.54) is 11.8 Å². The summed E-state index contributed by atoms with van der Waals surface area (Å²) in [6.07, 6.45) is 0. The Kier molecular flexibility index (Phi) is 7.33. The summed E-state index contributed by atoms with van der Waals surface area (Å²) in [7, 11) is 0. The van der Waals surface area contributed by atoms with Crippen molar-refractivity contribution >= 4 is 45.2 Å². The molecule has 6 nitrogen and oxygen atoms in total. The molecule has 1 aromatic heterocycles. The van der Waals surface area contributed by atoms with E-state index >= 15 is 0 Å². The van der Waals surface area contributed by atoms with Crippen LogP contribution in [0.2, 0.25) is 0 Å². The van der Waals surface area contributed by atoms with Crippen molar-refractivity contribution in [3.63, 3.8) is 0 Å². The minimum atomic E-state index is -0.292. The number of halogens is 1. The summed E-state index contributed by atoms with van der Waals surface area (Å²) in [5.41, 5.74) is 4.06. The number of thioether (sulfide) groups is 1. The Morgan fingerprint density at radius 2 is 1.90 bits per heavy atom. The minimum Gasteiger partial charge on any atom is -0.361 e. The Labute approximate surface area is 187 Å². The van der Waals surface area contributed by atoms with Gasteiger partial charge in [0, 0.05) is 26.4 Å². The molecule has 0 saturated carbocycles. The van der Waals surface area contributed by atoms with Crippen molar-refractivity contribution in [2.24, 2.45) is 0 Å². The predicted molar refractivity (Wildman–Crippen MR) is 122 cm³/mol. The average molecular weight is 488 g/mol. The van der Waals surface area contributed by atoms with Crippen LogP contribution in [0.1, 0.15) is 32.9 Å². The lowest BCUT2D eigenvalue weighted by Crippen LogP contribution is -2.33. The molecule has 0 fully saturated rings. The molecule has 0 aliphatic rings. The van der Waals surface area contributed by atoms with Crippen molar-refractivity contribution in [3.05, 3.63) is 75.1 Å². The molecule has 30 heavy (non-hydrogen) atoms. The maximum absolute atomic E-state index is 12.7. The Morgan fingerprint density at radius 1 is 1.13 bits per heavy atom. The van der Waals surface area contributed by atoms with Gasteiger partial charge in [-0.05, 0) is 56.7 Å². The van der Waals surface area contributed by atoms with Gasteiger partial charge in [0.25, 0.3) is 5.91 Å². The highest BCUT2D eigenvalue weighted by atomic mass is 79.9. The summed E-state index contributed by atoms with van der Waals surface area (Å²) in [4.78, 5) is 25.8. The highest BCUT2D eigenvalue weighted by Gasteiger charge is 2.15. The molecule has 0 unspecified atom stereocenters. The second-order valence-corrected chi connectivity index (χ2v) is 8.71. The van der Waals surface area contributed by atoms with Crippen LogP contribution in [0.4, 0.5) is 5.69 Å². The fraction of sp³-hybridized carbons (Fsp3) is 0.227. The predicted octanol–water partition coefficient (Wildman–Crippen LogP) is 5.02. The number of benzene rings is 2. The van der Waals surface area contributed by atoms with E-state index in [2.05, 4.69) is 31.7 Å². The molecule has 8 heteroatoms. The first-order valence-corrected chi connectivity index (χ1v) is 11.1. The van der Waals surface area contributed by atoms with Crippen LogP contribution < -0.4 is 10.6 Å². The van der Waals surface area contributed by atoms with Gasteiger partial charge in [-0.25, -0.2) is 0 Å². The lowest BCUT2D eigenvalue weighted by Gasteiger charge is -2.11. The minimum absolute atomic E-state index is 0.114. The molecule has 0 spiro atoms. The van der Waals surface area contributed by atoms with Crippen LogP contribution in [0.25, 0.3) is 0 Å². The van der Waals surface area contributed by atoms with Gasteiger partial charge >= 0.3 is 0 Å². The fourth-order valence-electron chi connectivity index (χ4n) is 2.86. The molecular formula is C22H22BrN3O3S. The first-order chi connectivity index (χ1) is 14.3. The summed E-state index contributed by atoms with van der Waals surface area (Å²) in [6, 6.07) is 12.9. The molecular weight excluding hydrogens is 466 g/mol. The van der Waals surface area contributed by atoms with Gasteiger partial charge in [0.05, 0.1) is 17.8 Å². The van der Waals surface area contributed by atoms with Gasteiger partial charge in [-0.15, -0.1) is 11.8 Å². The highest BCUT2D eigenvalue weighted by molar-refractivity contribution is 9.10. The van der Waals surface area contributed by atoms with E-state index in [4.69, 9.17) is 4.52 Å². The van der Waals surface area contributed by atoms with Gasteiger partial charge in [0.1, 0.15) is 5.76 Å². The van der Waals surface area contributed by atoms with Gasteiger partial charge < -0.3 is 15.2 Å². The molecule has 0 bridgehead atoms. The summed E-state index contributed by atoms with van der Waals surface area (Å²) in [5, 5.41) is 9.49. The largest absolute Gasteiger partial charge is 0.361 e. The van der Waals surface area contributed by atoms with E-state index in [9.17, 15) is 9.59 Å². The van der Waals surface area contributed by atoms with E-state index in [1.54, 1.807) is 12.1 Å². The van der Waals surface area contributed by atoms with Crippen molar-refractivity contribution in [1.29, 1.82) is 0 Å². The van der Waals surface area contributed by atoms with E-state index in [1.807, 2.05) is 51.1 Å². The summed E-state index contributed by atoms with van der Waals surface area (Å²) in [5.74, 6) is 0.852. The lowest BCUT2D eigenvalue weighted by atomic mass is 10.2. The number of rotatable bonds is 7. The number of hydrogen-bond acceptors (Lipinski definition) is 5. The maximum atomic E-state index is 12.7. The molecule has 1 heterocycles. The molecule has 0 aliphatic carbocycles. The van der Waals surface area contributed by atoms with Crippen LogP contribution in [0, 0.1) is 20.8 Å². The van der Waals surface area contributed by atoms with Crippen LogP contribution in [0.3, 0.4) is 0 Å². The molecule has 156 valence electrons. The normalized spacial score (nSPS) is 10.7. The Hall–Kier alpha value is -2.58. The molecule has 0 saturated heterocycles. The first-order valence-electron chi connectivity index (χ1n) is 9.33. The number of anilines is 1. The third kappa shape index (κ3) is 5.52. The summed E-state index contributed by atoms with van der Waals surface area (Å²) in [6.45, 7) is 5.57. The zero-order chi connectivity index (χ0) is 21.7. The first kappa shape index (κ1) is 22.1. The van der Waals surface area contributed by atoms with Crippen molar-refractivity contribution in [2.75, 3.05) is 11.9 Å². The number of aromatic nitrogens is 1. The number of nitrogens with one attached hydrogen (secondary N) is 2. The zero-order valence-corrected chi connectivity index (χ0v) is 19.3. The van der Waals surface area contributed by atoms with Gasteiger partial charge in [0.15, 0.2) is 0 Å². The van der Waals surface area contributed by atoms with E-state index in [-0.39, 0.29) is 18.4 Å². The fourth-order valence-corrected chi connectivity index (χ4v) is 4.53. The second-order valence-electron chi connectivity index (χ2n) is 6.78. The molecule has 2 amide bonds. The second kappa shape index (κ2) is 9.95. The number of aryl methyl sites for hydroxylation is 3. The third-order valence-electron chi connectivity index (χ3n) is 4.56. The SMILES string of the molecule is Cc1cc(Br)ccc1NC(=O)CNC(=O)c1ccccc1SCc1c(C)noc1C. The third-order valence-corrected chi connectivity index (χ3v) is 6.15. The van der Waals surface area contributed by atoms with E-state index < -0.39 is 0 Å². The molecule has 3 aromatic rings. The average Bonchev–Trinajstić information content (AvgIpc) is 3.04.